The van der Waals surface area contributed by atoms with Crippen LogP contribution in [0.1, 0.15) is 29.8 Å². The molecule has 0 saturated heterocycles. The van der Waals surface area contributed by atoms with Gasteiger partial charge in [-0.2, -0.15) is 8.78 Å². The zero-order chi connectivity index (χ0) is 17.8. The van der Waals surface area contributed by atoms with Crippen molar-refractivity contribution in [1.29, 1.82) is 0 Å². The van der Waals surface area contributed by atoms with Crippen molar-refractivity contribution in [3.8, 4) is 5.75 Å². The first-order valence-electron chi connectivity index (χ1n) is 8.22. The molecule has 1 aliphatic rings. The predicted octanol–water partition coefficient (Wildman–Crippen LogP) is 4.30. The topological polar surface area (TPSA) is 41.6 Å². The van der Waals surface area contributed by atoms with Crippen LogP contribution in [0.2, 0.25) is 0 Å². The van der Waals surface area contributed by atoms with Gasteiger partial charge in [0.25, 0.3) is 0 Å². The molecule has 1 atom stereocenters. The summed E-state index contributed by atoms with van der Waals surface area (Å²) in [6.45, 7) is 0.209. The number of para-hydroxylation sites is 2. The predicted molar refractivity (Wildman–Crippen MR) is 94.3 cm³/mol. The third kappa shape index (κ3) is 4.16. The number of ether oxygens (including phenoxy) is 1. The lowest BCUT2D eigenvalue weighted by molar-refractivity contribution is -0.118. The molecule has 4 nitrogen and oxygen atoms in total. The summed E-state index contributed by atoms with van der Waals surface area (Å²) in [6, 6.07) is 8.57. The Morgan fingerprint density at radius 1 is 1.40 bits per heavy atom. The highest BCUT2D eigenvalue weighted by Gasteiger charge is 2.28. The number of alkyl halides is 2. The Labute approximate surface area is 149 Å². The average molecular weight is 366 g/mol. The zero-order valence-corrected chi connectivity index (χ0v) is 14.7. The summed E-state index contributed by atoms with van der Waals surface area (Å²) in [5.41, 5.74) is 1.56. The summed E-state index contributed by atoms with van der Waals surface area (Å²) in [7, 11) is 0. The number of rotatable bonds is 6. The minimum Gasteiger partial charge on any atom is -0.433 e. The molecule has 134 valence electrons. The molecule has 0 spiro atoms. The van der Waals surface area contributed by atoms with E-state index >= 15 is 0 Å². The first-order chi connectivity index (χ1) is 12.1. The number of benzene rings is 1. The van der Waals surface area contributed by atoms with Crippen molar-refractivity contribution in [2.45, 2.75) is 32.4 Å². The van der Waals surface area contributed by atoms with E-state index in [1.165, 1.54) is 16.5 Å². The average Bonchev–Trinajstić information content (AvgIpc) is 3.04. The van der Waals surface area contributed by atoms with Crippen LogP contribution in [0.5, 0.6) is 5.75 Å². The van der Waals surface area contributed by atoms with Crippen molar-refractivity contribution in [3.63, 3.8) is 0 Å². The lowest BCUT2D eigenvalue weighted by Crippen LogP contribution is -2.40. The van der Waals surface area contributed by atoms with Gasteiger partial charge in [0.15, 0.2) is 0 Å². The van der Waals surface area contributed by atoms with Crippen molar-refractivity contribution in [1.82, 2.24) is 4.90 Å². The number of nitrogens with one attached hydrogen (secondary N) is 1. The molecule has 1 aromatic heterocycles. The maximum atomic E-state index is 12.5. The number of amides is 1. The normalized spacial score (nSPS) is 17.4. The summed E-state index contributed by atoms with van der Waals surface area (Å²) < 4.78 is 29.4. The van der Waals surface area contributed by atoms with Gasteiger partial charge in [0.05, 0.1) is 12.2 Å². The number of hydrogen-bond acceptors (Lipinski definition) is 4. The van der Waals surface area contributed by atoms with Crippen molar-refractivity contribution in [2.24, 2.45) is 0 Å². The van der Waals surface area contributed by atoms with Crippen LogP contribution in [0.4, 0.5) is 14.5 Å². The van der Waals surface area contributed by atoms with Gasteiger partial charge in [0.2, 0.25) is 5.91 Å². The van der Waals surface area contributed by atoms with Crippen LogP contribution in [0.25, 0.3) is 0 Å². The Morgan fingerprint density at radius 2 is 2.20 bits per heavy atom. The third-order valence-corrected chi connectivity index (χ3v) is 5.31. The standard InChI is InChI=1S/C18H20F2N2O2S/c1-2-14-12-8-10-25-16(12)7-9-22(14)11-17(23)21-13-5-3-4-6-15(13)24-18(19)20/h3-6,8,10,14,18H,2,7,9,11H2,1H3,(H,21,23). The molecule has 2 aromatic rings. The third-order valence-electron chi connectivity index (χ3n) is 4.32. The second kappa shape index (κ2) is 7.93. The number of thiophene rings is 1. The van der Waals surface area contributed by atoms with Crippen LogP contribution < -0.4 is 10.1 Å². The maximum absolute atomic E-state index is 12.5. The summed E-state index contributed by atoms with van der Waals surface area (Å²) in [5.74, 6) is -0.265. The van der Waals surface area contributed by atoms with Gasteiger partial charge in [-0.1, -0.05) is 19.1 Å². The molecule has 0 fully saturated rings. The monoisotopic (exact) mass is 366 g/mol. The molecule has 0 bridgehead atoms. The Morgan fingerprint density at radius 3 is 2.96 bits per heavy atom. The molecule has 0 radical (unpaired) electrons. The number of halogens is 2. The molecule has 1 N–H and O–H groups in total. The molecular formula is C18H20F2N2O2S. The van der Waals surface area contributed by atoms with Gasteiger partial charge in [-0.25, -0.2) is 0 Å². The fourth-order valence-corrected chi connectivity index (χ4v) is 4.19. The highest BCUT2D eigenvalue weighted by Crippen LogP contribution is 2.35. The van der Waals surface area contributed by atoms with Crippen LogP contribution in [0.15, 0.2) is 35.7 Å². The molecule has 1 unspecified atom stereocenters. The van der Waals surface area contributed by atoms with Crippen LogP contribution in [0, 0.1) is 0 Å². The van der Waals surface area contributed by atoms with Crippen LogP contribution >= 0.6 is 11.3 Å². The molecule has 0 saturated carbocycles. The van der Waals surface area contributed by atoms with E-state index in [2.05, 4.69) is 33.3 Å². The lowest BCUT2D eigenvalue weighted by atomic mass is 9.98. The van der Waals surface area contributed by atoms with Crippen molar-refractivity contribution in [2.75, 3.05) is 18.4 Å². The van der Waals surface area contributed by atoms with Crippen molar-refractivity contribution >= 4 is 22.9 Å². The molecule has 7 heteroatoms. The van der Waals surface area contributed by atoms with E-state index < -0.39 is 6.61 Å². The molecule has 1 amide bonds. The molecule has 3 rings (SSSR count). The number of carbonyl (C=O) groups excluding carboxylic acids is 1. The number of carbonyl (C=O) groups is 1. The zero-order valence-electron chi connectivity index (χ0n) is 13.9. The quantitative estimate of drug-likeness (QED) is 0.829. The maximum Gasteiger partial charge on any atom is 0.387 e. The lowest BCUT2D eigenvalue weighted by Gasteiger charge is -2.34. The Kier molecular flexibility index (Phi) is 5.65. The number of anilines is 1. The molecule has 2 heterocycles. The SMILES string of the molecule is CCC1c2ccsc2CCN1CC(=O)Nc1ccccc1OC(F)F. The molecule has 1 aromatic carbocycles. The van der Waals surface area contributed by atoms with Crippen LogP contribution in [-0.2, 0) is 11.2 Å². The minimum atomic E-state index is -2.93. The first-order valence-corrected chi connectivity index (χ1v) is 9.10. The summed E-state index contributed by atoms with van der Waals surface area (Å²) in [4.78, 5) is 16.0. The van der Waals surface area contributed by atoms with Gasteiger partial charge < -0.3 is 10.1 Å². The molecule has 25 heavy (non-hydrogen) atoms. The van der Waals surface area contributed by atoms with Crippen LogP contribution in [-0.4, -0.2) is 30.5 Å². The number of nitrogens with zero attached hydrogens (tertiary/aromatic N) is 1. The van der Waals surface area contributed by atoms with Gasteiger partial charge in [-0.05, 0) is 42.0 Å². The number of fused-ring (bicyclic) bond motifs is 1. The van der Waals surface area contributed by atoms with Crippen LogP contribution in [0.3, 0.4) is 0 Å². The smallest absolute Gasteiger partial charge is 0.387 e. The van der Waals surface area contributed by atoms with E-state index in [0.29, 0.717) is 0 Å². The second-order valence-corrected chi connectivity index (χ2v) is 6.87. The van der Waals surface area contributed by atoms with E-state index in [0.717, 1.165) is 19.4 Å². The molecule has 0 aliphatic carbocycles. The first kappa shape index (κ1) is 17.8. The molecular weight excluding hydrogens is 346 g/mol. The van der Waals surface area contributed by atoms with Gasteiger partial charge in [-0.15, -0.1) is 11.3 Å². The highest BCUT2D eigenvalue weighted by molar-refractivity contribution is 7.10. The van der Waals surface area contributed by atoms with Crippen molar-refractivity contribution < 1.29 is 18.3 Å². The summed E-state index contributed by atoms with van der Waals surface area (Å²) in [5, 5.41) is 4.78. The Balaban J connectivity index is 1.67. The summed E-state index contributed by atoms with van der Waals surface area (Å²) in [6.07, 6.45) is 1.85. The van der Waals surface area contributed by atoms with E-state index in [4.69, 9.17) is 0 Å². The highest BCUT2D eigenvalue weighted by atomic mass is 32.1. The van der Waals surface area contributed by atoms with E-state index in [-0.39, 0.29) is 29.9 Å². The van der Waals surface area contributed by atoms with E-state index in [1.807, 2.05) is 0 Å². The van der Waals surface area contributed by atoms with E-state index in [1.54, 1.807) is 29.5 Å². The fourth-order valence-electron chi connectivity index (χ4n) is 3.26. The fraction of sp³-hybridized carbons (Fsp3) is 0.389. The van der Waals surface area contributed by atoms with Gasteiger partial charge >= 0.3 is 6.61 Å². The number of hydrogen-bond donors (Lipinski definition) is 1. The van der Waals surface area contributed by atoms with Gasteiger partial charge in [-0.3, -0.25) is 9.69 Å². The minimum absolute atomic E-state index is 0.0309. The van der Waals surface area contributed by atoms with Crippen molar-refractivity contribution in [3.05, 3.63) is 46.2 Å². The summed E-state index contributed by atoms with van der Waals surface area (Å²) >= 11 is 1.76. The van der Waals surface area contributed by atoms with Gasteiger partial charge in [0.1, 0.15) is 5.75 Å². The largest absolute Gasteiger partial charge is 0.433 e. The Bertz CT molecular complexity index is 735. The molecule has 1 aliphatic heterocycles. The Hall–Kier alpha value is -1.99. The van der Waals surface area contributed by atoms with E-state index in [9.17, 15) is 13.6 Å². The second-order valence-electron chi connectivity index (χ2n) is 5.87. The van der Waals surface area contributed by atoms with Gasteiger partial charge in [0, 0.05) is 17.5 Å².